The van der Waals surface area contributed by atoms with Crippen LogP contribution in [0.4, 0.5) is 0 Å². The monoisotopic (exact) mass is 372 g/mol. The molecule has 2 heterocycles. The lowest BCUT2D eigenvalue weighted by atomic mass is 9.94. The maximum Gasteiger partial charge on any atom is 0.118 e. The average Bonchev–Trinajstić information content (AvgIpc) is 3.36. The normalized spacial score (nSPS) is 26.1. The van der Waals surface area contributed by atoms with Crippen molar-refractivity contribution in [3.05, 3.63) is 40.6 Å². The van der Waals surface area contributed by atoms with Crippen LogP contribution < -0.4 is 15.4 Å². The first kappa shape index (κ1) is 18.0. The minimum atomic E-state index is 0.516. The van der Waals surface area contributed by atoms with Gasteiger partial charge in [0.2, 0.25) is 0 Å². The largest absolute Gasteiger partial charge is 0.497 e. The summed E-state index contributed by atoms with van der Waals surface area (Å²) in [5, 5.41) is 9.73. The lowest BCUT2D eigenvalue weighted by Crippen LogP contribution is -2.50. The van der Waals surface area contributed by atoms with Crippen molar-refractivity contribution in [2.45, 2.75) is 37.9 Å². The van der Waals surface area contributed by atoms with Gasteiger partial charge in [0.05, 0.1) is 20.3 Å². The van der Waals surface area contributed by atoms with Crippen molar-refractivity contribution in [2.75, 3.05) is 26.9 Å². The molecular weight excluding hydrogens is 344 g/mol. The van der Waals surface area contributed by atoms with Gasteiger partial charge in [0.15, 0.2) is 0 Å². The molecule has 1 aromatic carbocycles. The summed E-state index contributed by atoms with van der Waals surface area (Å²) < 4.78 is 10.9. The number of ether oxygens (including phenoxy) is 2. The summed E-state index contributed by atoms with van der Waals surface area (Å²) in [7, 11) is 1.70. The quantitative estimate of drug-likeness (QED) is 0.812. The predicted molar refractivity (Wildman–Crippen MR) is 107 cm³/mol. The van der Waals surface area contributed by atoms with Crippen LogP contribution >= 0.6 is 11.3 Å². The van der Waals surface area contributed by atoms with Crippen molar-refractivity contribution in [1.82, 2.24) is 10.6 Å². The third-order valence-electron chi connectivity index (χ3n) is 5.65. The summed E-state index contributed by atoms with van der Waals surface area (Å²) in [4.78, 5) is 1.40. The summed E-state index contributed by atoms with van der Waals surface area (Å²) in [6, 6.07) is 11.7. The Balaban J connectivity index is 1.35. The number of hydrogen-bond donors (Lipinski definition) is 2. The molecule has 1 saturated heterocycles. The van der Waals surface area contributed by atoms with Gasteiger partial charge in [-0.05, 0) is 53.5 Å². The van der Waals surface area contributed by atoms with Crippen LogP contribution in [0, 0.1) is 5.92 Å². The maximum absolute atomic E-state index is 5.68. The van der Waals surface area contributed by atoms with Gasteiger partial charge in [0.1, 0.15) is 5.75 Å². The van der Waals surface area contributed by atoms with Crippen LogP contribution in [-0.2, 0) is 11.3 Å². The van der Waals surface area contributed by atoms with Crippen LogP contribution in [0.5, 0.6) is 5.75 Å². The van der Waals surface area contributed by atoms with Crippen molar-refractivity contribution < 1.29 is 9.47 Å². The van der Waals surface area contributed by atoms with E-state index in [2.05, 4.69) is 34.2 Å². The first-order valence-corrected chi connectivity index (χ1v) is 10.5. The molecule has 4 rings (SSSR count). The molecule has 2 aromatic rings. The molecule has 0 amide bonds. The number of thiophene rings is 1. The Labute approximate surface area is 159 Å². The van der Waals surface area contributed by atoms with E-state index in [1.54, 1.807) is 7.11 Å². The molecule has 0 radical (unpaired) electrons. The Bertz CT molecular complexity index is 694. The van der Waals surface area contributed by atoms with E-state index in [4.69, 9.17) is 9.47 Å². The minimum absolute atomic E-state index is 0.516. The molecule has 2 aliphatic rings. The van der Waals surface area contributed by atoms with Gasteiger partial charge in [-0.1, -0.05) is 18.6 Å². The van der Waals surface area contributed by atoms with E-state index >= 15 is 0 Å². The second-order valence-electron chi connectivity index (χ2n) is 7.25. The second kappa shape index (κ2) is 8.53. The van der Waals surface area contributed by atoms with Crippen LogP contribution in [0.1, 0.15) is 24.1 Å². The van der Waals surface area contributed by atoms with Gasteiger partial charge in [0.25, 0.3) is 0 Å². The number of rotatable bonds is 6. The Morgan fingerprint density at radius 2 is 2.12 bits per heavy atom. The van der Waals surface area contributed by atoms with E-state index in [0.717, 1.165) is 32.1 Å². The topological polar surface area (TPSA) is 42.5 Å². The van der Waals surface area contributed by atoms with Gasteiger partial charge >= 0.3 is 0 Å². The number of hydrogen-bond acceptors (Lipinski definition) is 5. The molecule has 5 heteroatoms. The highest BCUT2D eigenvalue weighted by atomic mass is 32.1. The zero-order chi connectivity index (χ0) is 17.8. The van der Waals surface area contributed by atoms with Gasteiger partial charge < -0.3 is 20.1 Å². The standard InChI is InChI=1S/C21H28N2O2S/c1-24-17-7-5-15(6-8-17)16-11-18(26-14-16)12-23-20-4-2-3-19(20)21-13-25-10-9-22-21/h5-8,11,14,19-23H,2-4,9-10,12-13H2,1H3. The van der Waals surface area contributed by atoms with Gasteiger partial charge in [-0.15, -0.1) is 11.3 Å². The first-order chi connectivity index (χ1) is 12.8. The molecule has 3 atom stereocenters. The van der Waals surface area contributed by atoms with Crippen LogP contribution in [0.15, 0.2) is 35.7 Å². The fourth-order valence-electron chi connectivity index (χ4n) is 4.22. The molecule has 1 aromatic heterocycles. The Hall–Kier alpha value is -1.40. The summed E-state index contributed by atoms with van der Waals surface area (Å²) in [5.74, 6) is 1.59. The first-order valence-electron chi connectivity index (χ1n) is 9.60. The van der Waals surface area contributed by atoms with E-state index in [1.165, 1.54) is 35.3 Å². The van der Waals surface area contributed by atoms with E-state index in [0.29, 0.717) is 18.0 Å². The summed E-state index contributed by atoms with van der Waals surface area (Å²) in [5.41, 5.74) is 2.54. The Morgan fingerprint density at radius 1 is 1.23 bits per heavy atom. The number of nitrogens with one attached hydrogen (secondary N) is 2. The van der Waals surface area contributed by atoms with Gasteiger partial charge in [-0.3, -0.25) is 0 Å². The van der Waals surface area contributed by atoms with Crippen LogP contribution in [0.3, 0.4) is 0 Å². The molecule has 1 saturated carbocycles. The third-order valence-corrected chi connectivity index (χ3v) is 6.59. The van der Waals surface area contributed by atoms with E-state index in [9.17, 15) is 0 Å². The van der Waals surface area contributed by atoms with Crippen molar-refractivity contribution in [3.63, 3.8) is 0 Å². The fraction of sp³-hybridized carbons (Fsp3) is 0.524. The molecule has 1 aliphatic carbocycles. The van der Waals surface area contributed by atoms with Crippen LogP contribution in [0.25, 0.3) is 11.1 Å². The third kappa shape index (κ3) is 4.12. The zero-order valence-electron chi connectivity index (χ0n) is 15.4. The highest BCUT2D eigenvalue weighted by molar-refractivity contribution is 7.10. The molecule has 2 N–H and O–H groups in total. The van der Waals surface area contributed by atoms with Gasteiger partial charge in [0, 0.05) is 30.1 Å². The second-order valence-corrected chi connectivity index (χ2v) is 8.24. The smallest absolute Gasteiger partial charge is 0.118 e. The summed E-state index contributed by atoms with van der Waals surface area (Å²) >= 11 is 1.84. The highest BCUT2D eigenvalue weighted by Gasteiger charge is 2.34. The van der Waals surface area contributed by atoms with Crippen molar-refractivity contribution >= 4 is 11.3 Å². The number of benzene rings is 1. The molecular formula is C21H28N2O2S. The van der Waals surface area contributed by atoms with Crippen LogP contribution in [0.2, 0.25) is 0 Å². The molecule has 1 aliphatic heterocycles. The van der Waals surface area contributed by atoms with Crippen molar-refractivity contribution in [3.8, 4) is 16.9 Å². The number of morpholine rings is 1. The van der Waals surface area contributed by atoms with Crippen molar-refractivity contribution in [2.24, 2.45) is 5.92 Å². The lowest BCUT2D eigenvalue weighted by molar-refractivity contribution is 0.0524. The van der Waals surface area contributed by atoms with E-state index in [1.807, 2.05) is 23.5 Å². The van der Waals surface area contributed by atoms with Crippen LogP contribution in [-0.4, -0.2) is 39.0 Å². The van der Waals surface area contributed by atoms with Crippen molar-refractivity contribution in [1.29, 1.82) is 0 Å². The predicted octanol–water partition coefficient (Wildman–Crippen LogP) is 3.67. The average molecular weight is 373 g/mol. The van der Waals surface area contributed by atoms with E-state index < -0.39 is 0 Å². The highest BCUT2D eigenvalue weighted by Crippen LogP contribution is 2.31. The lowest BCUT2D eigenvalue weighted by Gasteiger charge is -2.33. The maximum atomic E-state index is 5.68. The fourth-order valence-corrected chi connectivity index (χ4v) is 5.07. The molecule has 2 fully saturated rings. The number of methoxy groups -OCH3 is 1. The Kier molecular flexibility index (Phi) is 5.90. The van der Waals surface area contributed by atoms with Gasteiger partial charge in [-0.2, -0.15) is 0 Å². The molecule has 4 nitrogen and oxygen atoms in total. The molecule has 26 heavy (non-hydrogen) atoms. The SMILES string of the molecule is COc1ccc(-c2csc(CNC3CCCC3C3COCCN3)c2)cc1. The minimum Gasteiger partial charge on any atom is -0.497 e. The Morgan fingerprint density at radius 3 is 2.88 bits per heavy atom. The van der Waals surface area contributed by atoms with Gasteiger partial charge in [-0.25, -0.2) is 0 Å². The molecule has 3 unspecified atom stereocenters. The molecule has 0 spiro atoms. The zero-order valence-corrected chi connectivity index (χ0v) is 16.2. The molecule has 140 valence electrons. The van der Waals surface area contributed by atoms with E-state index in [-0.39, 0.29) is 0 Å². The summed E-state index contributed by atoms with van der Waals surface area (Å²) in [6.07, 6.45) is 3.90. The summed E-state index contributed by atoms with van der Waals surface area (Å²) in [6.45, 7) is 3.66. The molecule has 0 bridgehead atoms.